The molecular formula is C23H34F3N5O4. The number of carbonyl (C=O) groups excluding carboxylic acids is 4. The van der Waals surface area contributed by atoms with Crippen molar-refractivity contribution >= 4 is 23.6 Å². The minimum atomic E-state index is -5.17. The highest BCUT2D eigenvalue weighted by Crippen LogP contribution is 2.65. The number of fused-ring (bicyclic) bond motifs is 1. The van der Waals surface area contributed by atoms with E-state index in [1.165, 1.54) is 25.7 Å². The van der Waals surface area contributed by atoms with Gasteiger partial charge in [-0.2, -0.15) is 18.4 Å². The Morgan fingerprint density at radius 1 is 1.14 bits per heavy atom. The first-order valence-corrected chi connectivity index (χ1v) is 11.6. The highest BCUT2D eigenvalue weighted by Gasteiger charge is 2.69. The molecule has 196 valence electrons. The fourth-order valence-electron chi connectivity index (χ4n) is 4.83. The molecule has 9 nitrogen and oxygen atoms in total. The van der Waals surface area contributed by atoms with E-state index >= 15 is 0 Å². The van der Waals surface area contributed by atoms with Crippen molar-refractivity contribution in [1.29, 1.82) is 5.26 Å². The number of nitrogens with zero attached hydrogens (tertiary/aromatic N) is 2. The Bertz CT molecular complexity index is 906. The zero-order valence-corrected chi connectivity index (χ0v) is 20.9. The topological polar surface area (TPSA) is 131 Å². The number of alkyl halides is 3. The lowest BCUT2D eigenvalue weighted by Crippen LogP contribution is -2.61. The standard InChI is InChI=1S/C23H34F3N5O4/c1-7-28-14(32)9-8-12(10-27)29-18(33)16-15-13(22(15,5)6)11-31(16)19(34)17(21(2,3)4)30-20(35)23(24,25)26/h12-13,15-17H,7-9,11H2,1-6H3,(H,28,32)(H,29,33)(H,30,35)/t12-,13-,15-,16-,17+/m0/s1. The molecule has 0 aromatic heterocycles. The van der Waals surface area contributed by atoms with Crippen LogP contribution in [0, 0.1) is 34.0 Å². The molecule has 1 aliphatic heterocycles. The molecule has 0 unspecified atom stereocenters. The van der Waals surface area contributed by atoms with Crippen LogP contribution in [0.4, 0.5) is 13.2 Å². The number of piperidine rings is 1. The van der Waals surface area contributed by atoms with E-state index in [2.05, 4.69) is 10.6 Å². The third-order valence-electron chi connectivity index (χ3n) is 6.91. The number of likely N-dealkylation sites (tertiary alicyclic amines) is 1. The van der Waals surface area contributed by atoms with Crippen molar-refractivity contribution in [2.45, 2.75) is 78.7 Å². The van der Waals surface area contributed by atoms with E-state index in [0.717, 1.165) is 0 Å². The molecule has 0 aromatic carbocycles. The zero-order chi connectivity index (χ0) is 26.9. The summed E-state index contributed by atoms with van der Waals surface area (Å²) in [5.74, 6) is -4.17. The molecule has 3 N–H and O–H groups in total. The molecule has 35 heavy (non-hydrogen) atoms. The lowest BCUT2D eigenvalue weighted by atomic mass is 9.85. The van der Waals surface area contributed by atoms with Gasteiger partial charge in [0.2, 0.25) is 17.7 Å². The average Bonchev–Trinajstić information content (AvgIpc) is 3.08. The molecule has 0 bridgehead atoms. The molecule has 1 aliphatic carbocycles. The Morgan fingerprint density at radius 2 is 1.74 bits per heavy atom. The van der Waals surface area contributed by atoms with Crippen molar-refractivity contribution in [3.8, 4) is 6.07 Å². The van der Waals surface area contributed by atoms with Crippen molar-refractivity contribution in [2.24, 2.45) is 22.7 Å². The Kier molecular flexibility index (Phi) is 8.14. The number of nitriles is 1. The first-order valence-electron chi connectivity index (χ1n) is 11.6. The average molecular weight is 502 g/mol. The fraction of sp³-hybridized carbons (Fsp3) is 0.783. The van der Waals surface area contributed by atoms with Crippen molar-refractivity contribution in [3.63, 3.8) is 0 Å². The molecule has 2 aliphatic rings. The SMILES string of the molecule is CCNC(=O)CC[C@@H](C#N)NC(=O)[C@@H]1[C@@H]2[C@H](CN1C(=O)[C@@H](NC(=O)C(F)(F)F)C(C)(C)C)C2(C)C. The minimum Gasteiger partial charge on any atom is -0.356 e. The van der Waals surface area contributed by atoms with E-state index in [1.54, 1.807) is 12.2 Å². The highest BCUT2D eigenvalue weighted by atomic mass is 19.4. The van der Waals surface area contributed by atoms with Crippen LogP contribution in [0.15, 0.2) is 0 Å². The predicted octanol–water partition coefficient (Wildman–Crippen LogP) is 1.49. The van der Waals surface area contributed by atoms with Crippen molar-refractivity contribution in [2.75, 3.05) is 13.1 Å². The highest BCUT2D eigenvalue weighted by molar-refractivity contribution is 5.95. The number of halogens is 3. The van der Waals surface area contributed by atoms with Gasteiger partial charge in [-0.15, -0.1) is 0 Å². The van der Waals surface area contributed by atoms with Crippen molar-refractivity contribution in [3.05, 3.63) is 0 Å². The number of rotatable bonds is 8. The summed E-state index contributed by atoms with van der Waals surface area (Å²) in [6.07, 6.45) is -5.08. The maximum Gasteiger partial charge on any atom is 0.471 e. The Morgan fingerprint density at radius 3 is 2.23 bits per heavy atom. The van der Waals surface area contributed by atoms with E-state index < -0.39 is 47.4 Å². The number of carbonyl (C=O) groups is 4. The van der Waals surface area contributed by atoms with Gasteiger partial charge in [-0.05, 0) is 36.0 Å². The predicted molar refractivity (Wildman–Crippen MR) is 119 cm³/mol. The van der Waals surface area contributed by atoms with Gasteiger partial charge in [-0.1, -0.05) is 34.6 Å². The molecule has 1 saturated carbocycles. The summed E-state index contributed by atoms with van der Waals surface area (Å²) in [6.45, 7) is 10.8. The monoisotopic (exact) mass is 501 g/mol. The van der Waals surface area contributed by atoms with E-state index in [0.29, 0.717) is 6.54 Å². The van der Waals surface area contributed by atoms with E-state index in [9.17, 15) is 37.6 Å². The summed E-state index contributed by atoms with van der Waals surface area (Å²) in [7, 11) is 0. The Labute approximate surface area is 203 Å². The molecule has 1 heterocycles. The van der Waals surface area contributed by atoms with Crippen LogP contribution in [-0.4, -0.2) is 65.9 Å². The van der Waals surface area contributed by atoms with Gasteiger partial charge in [0.05, 0.1) is 6.07 Å². The van der Waals surface area contributed by atoms with E-state index in [-0.39, 0.29) is 42.5 Å². The van der Waals surface area contributed by atoms with Crippen LogP contribution in [-0.2, 0) is 19.2 Å². The molecule has 0 radical (unpaired) electrons. The van der Waals surface area contributed by atoms with Gasteiger partial charge in [-0.25, -0.2) is 0 Å². The molecule has 0 aromatic rings. The van der Waals surface area contributed by atoms with Gasteiger partial charge in [0.25, 0.3) is 0 Å². The molecule has 1 saturated heterocycles. The number of nitrogens with one attached hydrogen (secondary N) is 3. The number of amides is 4. The summed E-state index contributed by atoms with van der Waals surface area (Å²) < 4.78 is 38.7. The second kappa shape index (κ2) is 10.0. The van der Waals surface area contributed by atoms with Crippen LogP contribution in [0.5, 0.6) is 0 Å². The van der Waals surface area contributed by atoms with E-state index in [1.807, 2.05) is 19.9 Å². The normalized spacial score (nSPS) is 24.5. The Balaban J connectivity index is 2.24. The summed E-state index contributed by atoms with van der Waals surface area (Å²) in [6, 6.07) is -1.56. The summed E-state index contributed by atoms with van der Waals surface area (Å²) in [4.78, 5) is 51.3. The molecule has 0 spiro atoms. The van der Waals surface area contributed by atoms with Gasteiger partial charge in [-0.3, -0.25) is 19.2 Å². The van der Waals surface area contributed by atoms with Gasteiger partial charge in [0.1, 0.15) is 18.1 Å². The van der Waals surface area contributed by atoms with Crippen LogP contribution in [0.2, 0.25) is 0 Å². The number of hydrogen-bond donors (Lipinski definition) is 3. The lowest BCUT2D eigenvalue weighted by molar-refractivity contribution is -0.176. The largest absolute Gasteiger partial charge is 0.471 e. The van der Waals surface area contributed by atoms with Crippen LogP contribution in [0.1, 0.15) is 54.4 Å². The maximum absolute atomic E-state index is 13.4. The van der Waals surface area contributed by atoms with Crippen molar-refractivity contribution in [1.82, 2.24) is 20.9 Å². The molecule has 12 heteroatoms. The fourth-order valence-corrected chi connectivity index (χ4v) is 4.83. The maximum atomic E-state index is 13.4. The molecule has 2 fully saturated rings. The zero-order valence-electron chi connectivity index (χ0n) is 20.9. The van der Waals surface area contributed by atoms with Gasteiger partial charge >= 0.3 is 12.1 Å². The molecule has 5 atom stereocenters. The van der Waals surface area contributed by atoms with Crippen LogP contribution >= 0.6 is 0 Å². The lowest BCUT2D eigenvalue weighted by Gasteiger charge is -2.37. The summed E-state index contributed by atoms with van der Waals surface area (Å²) in [5.41, 5.74) is -1.34. The van der Waals surface area contributed by atoms with Crippen LogP contribution in [0.25, 0.3) is 0 Å². The van der Waals surface area contributed by atoms with Gasteiger partial charge in [0.15, 0.2) is 0 Å². The first-order chi connectivity index (χ1) is 16.0. The summed E-state index contributed by atoms with van der Waals surface area (Å²) in [5, 5.41) is 16.4. The third-order valence-corrected chi connectivity index (χ3v) is 6.91. The second-order valence-corrected chi connectivity index (χ2v) is 10.8. The molecular weight excluding hydrogens is 467 g/mol. The number of hydrogen-bond acceptors (Lipinski definition) is 5. The van der Waals surface area contributed by atoms with Crippen LogP contribution < -0.4 is 16.0 Å². The van der Waals surface area contributed by atoms with Gasteiger partial charge in [0, 0.05) is 19.5 Å². The molecule has 2 rings (SSSR count). The molecule has 4 amide bonds. The van der Waals surface area contributed by atoms with Crippen molar-refractivity contribution < 1.29 is 32.3 Å². The van der Waals surface area contributed by atoms with Crippen LogP contribution in [0.3, 0.4) is 0 Å². The smallest absolute Gasteiger partial charge is 0.356 e. The Hall–Kier alpha value is -2.84. The quantitative estimate of drug-likeness (QED) is 0.464. The third kappa shape index (κ3) is 6.24. The van der Waals surface area contributed by atoms with Gasteiger partial charge < -0.3 is 20.9 Å². The minimum absolute atomic E-state index is 0.0206. The summed E-state index contributed by atoms with van der Waals surface area (Å²) >= 11 is 0. The second-order valence-electron chi connectivity index (χ2n) is 10.8. The first kappa shape index (κ1) is 28.4. The van der Waals surface area contributed by atoms with E-state index in [4.69, 9.17) is 0 Å².